The maximum atomic E-state index is 12.7. The van der Waals surface area contributed by atoms with E-state index in [9.17, 15) is 9.59 Å². The van der Waals surface area contributed by atoms with Gasteiger partial charge < -0.3 is 16.2 Å². The van der Waals surface area contributed by atoms with Gasteiger partial charge in [-0.2, -0.15) is 0 Å². The Bertz CT molecular complexity index is 1110. The van der Waals surface area contributed by atoms with E-state index in [0.29, 0.717) is 18.0 Å². The van der Waals surface area contributed by atoms with Crippen molar-refractivity contribution in [3.8, 4) is 11.1 Å². The van der Waals surface area contributed by atoms with Gasteiger partial charge in [-0.3, -0.25) is 9.59 Å². The standard InChI is InChI=1S/C29H34N2O3/c1-18(2)26(23-11-9-22(10-12-23)25-14-19(3)13-20(4)15-25)17-31-28(32)24-7-5-21(6-8-24)16-27(30)29(33)34/h5-15,18,26-27H,16-17,30H2,1-4H3,(H,31,32)(H,33,34)/t26-,27-/m1/s1. The monoisotopic (exact) mass is 458 g/mol. The fourth-order valence-electron chi connectivity index (χ4n) is 4.24. The number of carboxylic acids is 1. The van der Waals surface area contributed by atoms with Crippen molar-refractivity contribution >= 4 is 11.9 Å². The van der Waals surface area contributed by atoms with Gasteiger partial charge in [0, 0.05) is 18.0 Å². The lowest BCUT2D eigenvalue weighted by molar-refractivity contribution is -0.138. The van der Waals surface area contributed by atoms with Gasteiger partial charge in [-0.1, -0.05) is 79.6 Å². The van der Waals surface area contributed by atoms with Crippen molar-refractivity contribution in [3.63, 3.8) is 0 Å². The van der Waals surface area contributed by atoms with Crippen LogP contribution >= 0.6 is 0 Å². The highest BCUT2D eigenvalue weighted by molar-refractivity contribution is 5.94. The maximum absolute atomic E-state index is 12.7. The SMILES string of the molecule is Cc1cc(C)cc(-c2ccc([C@H](CNC(=O)c3ccc(C[C@@H](N)C(=O)O)cc3)C(C)C)cc2)c1. The van der Waals surface area contributed by atoms with Gasteiger partial charge in [0.25, 0.3) is 5.91 Å². The Hall–Kier alpha value is -3.44. The molecular weight excluding hydrogens is 424 g/mol. The second-order valence-electron chi connectivity index (χ2n) is 9.40. The summed E-state index contributed by atoms with van der Waals surface area (Å²) in [6.07, 6.45) is 0.227. The summed E-state index contributed by atoms with van der Waals surface area (Å²) in [6, 6.07) is 21.2. The van der Waals surface area contributed by atoms with E-state index in [0.717, 1.165) is 5.56 Å². The van der Waals surface area contributed by atoms with Crippen LogP contribution in [0.5, 0.6) is 0 Å². The summed E-state index contributed by atoms with van der Waals surface area (Å²) in [5.74, 6) is -0.646. The van der Waals surface area contributed by atoms with E-state index in [1.54, 1.807) is 24.3 Å². The van der Waals surface area contributed by atoms with Gasteiger partial charge in [-0.05, 0) is 60.6 Å². The molecule has 0 unspecified atom stereocenters. The average molecular weight is 459 g/mol. The van der Waals surface area contributed by atoms with Crippen LogP contribution in [0.1, 0.15) is 52.4 Å². The summed E-state index contributed by atoms with van der Waals surface area (Å²) in [7, 11) is 0. The molecule has 34 heavy (non-hydrogen) atoms. The molecule has 0 fully saturated rings. The van der Waals surface area contributed by atoms with E-state index >= 15 is 0 Å². The smallest absolute Gasteiger partial charge is 0.320 e. The number of hydrogen-bond donors (Lipinski definition) is 3. The van der Waals surface area contributed by atoms with Crippen molar-refractivity contribution in [2.45, 2.75) is 46.1 Å². The molecule has 0 saturated heterocycles. The molecule has 0 heterocycles. The number of carboxylic acid groups (broad SMARTS) is 1. The van der Waals surface area contributed by atoms with Crippen LogP contribution in [0.4, 0.5) is 0 Å². The predicted molar refractivity (Wildman–Crippen MR) is 137 cm³/mol. The Balaban J connectivity index is 1.66. The first-order chi connectivity index (χ1) is 16.1. The first-order valence-electron chi connectivity index (χ1n) is 11.7. The van der Waals surface area contributed by atoms with Crippen LogP contribution < -0.4 is 11.1 Å². The zero-order valence-corrected chi connectivity index (χ0v) is 20.3. The van der Waals surface area contributed by atoms with Crippen molar-refractivity contribution in [2.75, 3.05) is 6.54 Å². The molecule has 0 saturated carbocycles. The van der Waals surface area contributed by atoms with Crippen molar-refractivity contribution in [1.29, 1.82) is 0 Å². The van der Waals surface area contributed by atoms with Crippen molar-refractivity contribution in [3.05, 3.63) is 94.5 Å². The number of nitrogens with one attached hydrogen (secondary N) is 1. The molecular formula is C29H34N2O3. The van der Waals surface area contributed by atoms with Crippen LogP contribution in [0.25, 0.3) is 11.1 Å². The summed E-state index contributed by atoms with van der Waals surface area (Å²) >= 11 is 0. The van der Waals surface area contributed by atoms with Crippen molar-refractivity contribution < 1.29 is 14.7 Å². The first kappa shape index (κ1) is 25.2. The summed E-state index contributed by atoms with van der Waals surface area (Å²) < 4.78 is 0. The number of rotatable bonds is 9. The molecule has 0 bridgehead atoms. The predicted octanol–water partition coefficient (Wildman–Crippen LogP) is 5.09. The number of aliphatic carboxylic acids is 1. The second-order valence-corrected chi connectivity index (χ2v) is 9.40. The molecule has 3 aromatic carbocycles. The quantitative estimate of drug-likeness (QED) is 0.416. The van der Waals surface area contributed by atoms with Crippen LogP contribution in [0.3, 0.4) is 0 Å². The Morgan fingerprint density at radius 1 is 0.882 bits per heavy atom. The fraction of sp³-hybridized carbons (Fsp3) is 0.310. The van der Waals surface area contributed by atoms with E-state index in [4.69, 9.17) is 10.8 Å². The third-order valence-corrected chi connectivity index (χ3v) is 6.17. The molecule has 0 aliphatic heterocycles. The summed E-state index contributed by atoms with van der Waals surface area (Å²) in [5, 5.41) is 12.0. The minimum atomic E-state index is -1.04. The van der Waals surface area contributed by atoms with Crippen LogP contribution in [0, 0.1) is 19.8 Å². The van der Waals surface area contributed by atoms with Gasteiger partial charge in [0.15, 0.2) is 0 Å². The molecule has 178 valence electrons. The van der Waals surface area contributed by atoms with Gasteiger partial charge in [0.2, 0.25) is 0 Å². The van der Waals surface area contributed by atoms with E-state index in [-0.39, 0.29) is 18.2 Å². The summed E-state index contributed by atoms with van der Waals surface area (Å²) in [5.41, 5.74) is 13.0. The van der Waals surface area contributed by atoms with E-state index in [1.165, 1.54) is 27.8 Å². The summed E-state index contributed by atoms with van der Waals surface area (Å²) in [6.45, 7) is 9.08. The molecule has 3 rings (SSSR count). The molecule has 0 spiro atoms. The number of amides is 1. The molecule has 2 atom stereocenters. The highest BCUT2D eigenvalue weighted by Gasteiger charge is 2.18. The Morgan fingerprint density at radius 2 is 1.47 bits per heavy atom. The van der Waals surface area contributed by atoms with Gasteiger partial charge in [0.1, 0.15) is 6.04 Å². The lowest BCUT2D eigenvalue weighted by Gasteiger charge is -2.22. The molecule has 0 radical (unpaired) electrons. The van der Waals surface area contributed by atoms with E-state index in [2.05, 4.69) is 75.5 Å². The maximum Gasteiger partial charge on any atom is 0.320 e. The highest BCUT2D eigenvalue weighted by atomic mass is 16.4. The van der Waals surface area contributed by atoms with Crippen LogP contribution in [-0.2, 0) is 11.2 Å². The normalized spacial score (nSPS) is 12.9. The highest BCUT2D eigenvalue weighted by Crippen LogP contribution is 2.28. The zero-order chi connectivity index (χ0) is 24.8. The van der Waals surface area contributed by atoms with Gasteiger partial charge >= 0.3 is 5.97 Å². The van der Waals surface area contributed by atoms with Gasteiger partial charge in [-0.25, -0.2) is 0 Å². The molecule has 4 N–H and O–H groups in total. The van der Waals surface area contributed by atoms with Crippen LogP contribution in [0.15, 0.2) is 66.7 Å². The average Bonchev–Trinajstić information content (AvgIpc) is 2.79. The lowest BCUT2D eigenvalue weighted by Crippen LogP contribution is -2.32. The third kappa shape index (κ3) is 6.55. The number of hydrogen-bond acceptors (Lipinski definition) is 3. The number of carbonyl (C=O) groups is 2. The third-order valence-electron chi connectivity index (χ3n) is 6.17. The Morgan fingerprint density at radius 3 is 2.00 bits per heavy atom. The van der Waals surface area contributed by atoms with Gasteiger partial charge in [0.05, 0.1) is 0 Å². The lowest BCUT2D eigenvalue weighted by atomic mass is 9.87. The second kappa shape index (κ2) is 11.1. The molecule has 5 nitrogen and oxygen atoms in total. The van der Waals surface area contributed by atoms with Crippen molar-refractivity contribution in [2.24, 2.45) is 11.7 Å². The number of nitrogens with two attached hydrogens (primary N) is 1. The minimum Gasteiger partial charge on any atom is -0.480 e. The minimum absolute atomic E-state index is 0.147. The molecule has 1 amide bonds. The van der Waals surface area contributed by atoms with Crippen molar-refractivity contribution in [1.82, 2.24) is 5.32 Å². The Labute approximate surface area is 202 Å². The Kier molecular flexibility index (Phi) is 8.24. The number of aryl methyl sites for hydroxylation is 2. The number of carbonyl (C=O) groups excluding carboxylic acids is 1. The summed E-state index contributed by atoms with van der Waals surface area (Å²) in [4.78, 5) is 23.6. The largest absolute Gasteiger partial charge is 0.480 e. The molecule has 0 aliphatic carbocycles. The van der Waals surface area contributed by atoms with Crippen LogP contribution in [0.2, 0.25) is 0 Å². The van der Waals surface area contributed by atoms with Crippen LogP contribution in [-0.4, -0.2) is 29.6 Å². The topological polar surface area (TPSA) is 92.4 Å². The molecule has 5 heteroatoms. The molecule has 0 aliphatic rings. The fourth-order valence-corrected chi connectivity index (χ4v) is 4.24. The van der Waals surface area contributed by atoms with E-state index in [1.807, 2.05) is 0 Å². The zero-order valence-electron chi connectivity index (χ0n) is 20.3. The first-order valence-corrected chi connectivity index (χ1v) is 11.7. The molecule has 3 aromatic rings. The van der Waals surface area contributed by atoms with Gasteiger partial charge in [-0.15, -0.1) is 0 Å². The number of benzene rings is 3. The molecule has 0 aromatic heterocycles. The van der Waals surface area contributed by atoms with E-state index < -0.39 is 12.0 Å².